The van der Waals surface area contributed by atoms with Crippen LogP contribution >= 0.6 is 0 Å². The van der Waals surface area contributed by atoms with E-state index in [1.807, 2.05) is 19.1 Å². The summed E-state index contributed by atoms with van der Waals surface area (Å²) in [6.45, 7) is 9.75. The summed E-state index contributed by atoms with van der Waals surface area (Å²) < 4.78 is 23.2. The van der Waals surface area contributed by atoms with Gasteiger partial charge in [-0.2, -0.15) is 0 Å². The number of amides is 1. The lowest BCUT2D eigenvalue weighted by Crippen LogP contribution is -2.33. The number of carbonyl (C=O) groups is 2. The molecule has 1 aliphatic heterocycles. The van der Waals surface area contributed by atoms with E-state index >= 15 is 0 Å². The van der Waals surface area contributed by atoms with Gasteiger partial charge in [-0.05, 0) is 31.2 Å². The molecule has 0 radical (unpaired) electrons. The topological polar surface area (TPSA) is 162 Å². The first-order valence-corrected chi connectivity index (χ1v) is 13.9. The lowest BCUT2D eigenvalue weighted by molar-refractivity contribution is 0.00598. The molecule has 1 aliphatic rings. The number of hydrogen-bond acceptors (Lipinski definition) is 11. The van der Waals surface area contributed by atoms with Crippen LogP contribution in [0.4, 0.5) is 5.69 Å². The molecule has 2 aromatic rings. The fraction of sp³-hybridized carbons (Fsp3) is 0.571. The van der Waals surface area contributed by atoms with Gasteiger partial charge in [-0.1, -0.05) is 6.07 Å². The first-order valence-electron chi connectivity index (χ1n) is 13.9. The number of nitrogens with zero attached hydrogens (tertiary/aromatic N) is 4. The molecule has 3 heterocycles. The maximum atomic E-state index is 12.2. The number of hydrogen-bond donors (Lipinski definition) is 3. The normalized spacial score (nSPS) is 17.8. The quantitative estimate of drug-likeness (QED) is 0.429. The van der Waals surface area contributed by atoms with Gasteiger partial charge in [-0.3, -0.25) is 14.6 Å². The van der Waals surface area contributed by atoms with Crippen molar-refractivity contribution in [3.63, 3.8) is 0 Å². The highest BCUT2D eigenvalue weighted by molar-refractivity contribution is 5.92. The number of anilines is 1. The molecule has 0 aliphatic carbocycles. The lowest BCUT2D eigenvalue weighted by atomic mass is 10.2. The summed E-state index contributed by atoms with van der Waals surface area (Å²) in [5, 5.41) is 12.1. The number of aromatic carboxylic acids is 1. The summed E-state index contributed by atoms with van der Waals surface area (Å²) >= 11 is 0. The molecule has 0 aromatic carbocycles. The predicted molar refractivity (Wildman–Crippen MR) is 152 cm³/mol. The standard InChI is InChI=1S/C28H42N6O7/c1-2-30-27(35)25-5-3-4-23(31-25)20-33-6-10-38-14-16-40-12-8-34(9-13-41-17-15-39-11-7-33)21-24-18-22(29)19-26(32-24)28(36)37/h3-5,18-19H,2,6-17,20-21H2,1H3,(H2,29,32)(H,30,35)(H,36,37). The monoisotopic (exact) mass is 574 g/mol. The summed E-state index contributed by atoms with van der Waals surface area (Å²) in [5.41, 5.74) is 7.95. The van der Waals surface area contributed by atoms with Gasteiger partial charge in [0.25, 0.3) is 5.91 Å². The summed E-state index contributed by atoms with van der Waals surface area (Å²) in [6, 6.07) is 8.49. The Morgan fingerprint density at radius 3 is 1.83 bits per heavy atom. The molecular weight excluding hydrogens is 532 g/mol. The highest BCUT2D eigenvalue weighted by Crippen LogP contribution is 2.11. The number of carboxylic acids is 1. The maximum absolute atomic E-state index is 12.2. The van der Waals surface area contributed by atoms with Gasteiger partial charge in [0.1, 0.15) is 5.69 Å². The van der Waals surface area contributed by atoms with Gasteiger partial charge < -0.3 is 35.1 Å². The highest BCUT2D eigenvalue weighted by atomic mass is 16.5. The van der Waals surface area contributed by atoms with E-state index in [-0.39, 0.29) is 11.6 Å². The van der Waals surface area contributed by atoms with Crippen molar-refractivity contribution in [3.8, 4) is 0 Å². The molecule has 0 spiro atoms. The van der Waals surface area contributed by atoms with Gasteiger partial charge in [0.15, 0.2) is 5.69 Å². The molecule has 1 fully saturated rings. The molecule has 1 amide bonds. The molecule has 0 saturated carbocycles. The molecular formula is C28H42N6O7. The number of carbonyl (C=O) groups excluding carboxylic acids is 1. The molecule has 4 N–H and O–H groups in total. The maximum Gasteiger partial charge on any atom is 0.354 e. The summed E-state index contributed by atoms with van der Waals surface area (Å²) in [5.74, 6) is -1.30. The summed E-state index contributed by atoms with van der Waals surface area (Å²) in [7, 11) is 0. The summed E-state index contributed by atoms with van der Waals surface area (Å²) in [4.78, 5) is 36.5. The number of ether oxygens (including phenoxy) is 4. The van der Waals surface area contributed by atoms with Crippen LogP contribution in [0.25, 0.3) is 0 Å². The van der Waals surface area contributed by atoms with Crippen LogP contribution in [0.2, 0.25) is 0 Å². The molecule has 41 heavy (non-hydrogen) atoms. The van der Waals surface area contributed by atoms with E-state index in [0.29, 0.717) is 116 Å². The van der Waals surface area contributed by atoms with Gasteiger partial charge in [-0.15, -0.1) is 0 Å². The molecule has 3 rings (SSSR count). The average Bonchev–Trinajstić information content (AvgIpc) is 2.94. The van der Waals surface area contributed by atoms with Crippen LogP contribution in [0.3, 0.4) is 0 Å². The number of aromatic nitrogens is 2. The summed E-state index contributed by atoms with van der Waals surface area (Å²) in [6.07, 6.45) is 0. The van der Waals surface area contributed by atoms with E-state index in [2.05, 4.69) is 25.1 Å². The van der Waals surface area contributed by atoms with E-state index in [4.69, 9.17) is 24.7 Å². The van der Waals surface area contributed by atoms with Crippen molar-refractivity contribution in [2.24, 2.45) is 0 Å². The Morgan fingerprint density at radius 1 is 0.805 bits per heavy atom. The third-order valence-electron chi connectivity index (χ3n) is 6.22. The van der Waals surface area contributed by atoms with Gasteiger partial charge >= 0.3 is 5.97 Å². The number of nitrogen functional groups attached to an aromatic ring is 1. The fourth-order valence-electron chi connectivity index (χ4n) is 4.16. The molecule has 1 saturated heterocycles. The zero-order chi connectivity index (χ0) is 29.3. The fourth-order valence-corrected chi connectivity index (χ4v) is 4.16. The minimum Gasteiger partial charge on any atom is -0.477 e. The van der Waals surface area contributed by atoms with E-state index < -0.39 is 5.97 Å². The Bertz CT molecular complexity index is 1070. The van der Waals surface area contributed by atoms with Gasteiger partial charge in [0, 0.05) is 51.5 Å². The van der Waals surface area contributed by atoms with Crippen molar-refractivity contribution in [1.29, 1.82) is 0 Å². The predicted octanol–water partition coefficient (Wildman–Crippen LogP) is 0.891. The van der Waals surface area contributed by atoms with Crippen molar-refractivity contribution >= 4 is 17.6 Å². The van der Waals surface area contributed by atoms with Crippen LogP contribution < -0.4 is 11.1 Å². The number of pyridine rings is 2. The van der Waals surface area contributed by atoms with E-state index in [0.717, 1.165) is 5.69 Å². The zero-order valence-electron chi connectivity index (χ0n) is 23.8. The van der Waals surface area contributed by atoms with Crippen LogP contribution in [-0.4, -0.2) is 122 Å². The third-order valence-corrected chi connectivity index (χ3v) is 6.22. The first-order chi connectivity index (χ1) is 19.9. The molecule has 13 nitrogen and oxygen atoms in total. The average molecular weight is 575 g/mol. The van der Waals surface area contributed by atoms with Gasteiger partial charge in [0.2, 0.25) is 0 Å². The second-order valence-corrected chi connectivity index (χ2v) is 9.46. The van der Waals surface area contributed by atoms with Crippen LogP contribution in [0, 0.1) is 0 Å². The SMILES string of the molecule is CCNC(=O)c1cccc(CN2CCOCCOCCN(Cc3cc(N)cc(C(=O)O)n3)CCOCCOCC2)n1. The molecule has 0 unspecified atom stereocenters. The first kappa shape index (κ1) is 32.3. The molecule has 2 aromatic heterocycles. The van der Waals surface area contributed by atoms with Gasteiger partial charge in [-0.25, -0.2) is 14.8 Å². The van der Waals surface area contributed by atoms with Crippen LogP contribution in [0.1, 0.15) is 39.3 Å². The third kappa shape index (κ3) is 12.5. The Hall–Kier alpha value is -3.20. The lowest BCUT2D eigenvalue weighted by Gasteiger charge is -2.23. The van der Waals surface area contributed by atoms with Crippen LogP contribution in [0.15, 0.2) is 30.3 Å². The number of nitrogens with two attached hydrogens (primary N) is 1. The van der Waals surface area contributed by atoms with Crippen molar-refractivity contribution in [3.05, 3.63) is 53.1 Å². The van der Waals surface area contributed by atoms with Crippen molar-refractivity contribution in [2.45, 2.75) is 20.0 Å². The largest absolute Gasteiger partial charge is 0.477 e. The van der Waals surface area contributed by atoms with Crippen molar-refractivity contribution in [2.75, 3.05) is 91.3 Å². The van der Waals surface area contributed by atoms with Crippen LogP contribution in [0.5, 0.6) is 0 Å². The van der Waals surface area contributed by atoms with E-state index in [1.54, 1.807) is 12.1 Å². The van der Waals surface area contributed by atoms with Gasteiger partial charge in [0.05, 0.1) is 64.2 Å². The minimum absolute atomic E-state index is 0.0779. The molecule has 13 heteroatoms. The second-order valence-electron chi connectivity index (χ2n) is 9.46. The molecule has 0 bridgehead atoms. The van der Waals surface area contributed by atoms with Crippen molar-refractivity contribution in [1.82, 2.24) is 25.1 Å². The highest BCUT2D eigenvalue weighted by Gasteiger charge is 2.13. The number of nitrogens with one attached hydrogen (secondary N) is 1. The smallest absolute Gasteiger partial charge is 0.354 e. The van der Waals surface area contributed by atoms with E-state index in [1.165, 1.54) is 6.07 Å². The van der Waals surface area contributed by atoms with Crippen molar-refractivity contribution < 1.29 is 33.6 Å². The number of carboxylic acid groups (broad SMARTS) is 1. The second kappa shape index (κ2) is 18.3. The minimum atomic E-state index is -1.12. The van der Waals surface area contributed by atoms with E-state index in [9.17, 15) is 14.7 Å². The molecule has 0 atom stereocenters. The Balaban J connectivity index is 1.50. The van der Waals surface area contributed by atoms with Crippen LogP contribution in [-0.2, 0) is 32.0 Å². The zero-order valence-corrected chi connectivity index (χ0v) is 23.8. The Labute approximate surface area is 240 Å². The Kier molecular flexibility index (Phi) is 14.4. The Morgan fingerprint density at radius 2 is 1.32 bits per heavy atom. The molecule has 226 valence electrons. The number of rotatable bonds is 7.